The summed E-state index contributed by atoms with van der Waals surface area (Å²) in [6, 6.07) is 27.5. The maximum atomic E-state index is 2.99. The van der Waals surface area contributed by atoms with E-state index in [4.69, 9.17) is 0 Å². The predicted octanol–water partition coefficient (Wildman–Crippen LogP) is 0.324. The molecule has 0 amide bonds. The molecule has 1 heterocycles. The third-order valence-electron chi connectivity index (χ3n) is 5.42. The summed E-state index contributed by atoms with van der Waals surface area (Å²) < 4.78 is 0. The second-order valence-electron chi connectivity index (χ2n) is 7.25. The van der Waals surface area contributed by atoms with Gasteiger partial charge in [0.25, 0.3) is 0 Å². The summed E-state index contributed by atoms with van der Waals surface area (Å²) in [5.74, 6) is 0. The first-order chi connectivity index (χ1) is 13.4. The zero-order chi connectivity index (χ0) is 18.3. The van der Waals surface area contributed by atoms with E-state index in [9.17, 15) is 0 Å². The summed E-state index contributed by atoms with van der Waals surface area (Å²) >= 11 is 0. The number of hydrogen-bond donors (Lipinski definition) is 1. The number of fused-ring (bicyclic) bond motifs is 3. The predicted molar refractivity (Wildman–Crippen MR) is 114 cm³/mol. The van der Waals surface area contributed by atoms with Gasteiger partial charge in [-0.1, -0.05) is 60.7 Å². The second-order valence-corrected chi connectivity index (χ2v) is 7.25. The summed E-state index contributed by atoms with van der Waals surface area (Å²) in [5, 5.41) is 1.22. The van der Waals surface area contributed by atoms with Crippen LogP contribution in [0.2, 0.25) is 0 Å². The fourth-order valence-corrected chi connectivity index (χ4v) is 3.96. The number of benzene rings is 3. The molecule has 0 unspecified atom stereocenters. The van der Waals surface area contributed by atoms with Gasteiger partial charge in [-0.05, 0) is 60.8 Å². The molecule has 153 valence electrons. The Morgan fingerprint density at radius 3 is 1.40 bits per heavy atom. The van der Waals surface area contributed by atoms with Crippen LogP contribution in [-0.2, 0) is 51.9 Å². The van der Waals surface area contributed by atoms with Crippen molar-refractivity contribution in [1.29, 1.82) is 0 Å². The topological polar surface area (TPSA) is 15.8 Å². The van der Waals surface area contributed by atoms with Gasteiger partial charge in [-0.15, -0.1) is 23.8 Å². The Balaban J connectivity index is 0.000000214. The van der Waals surface area contributed by atoms with Crippen molar-refractivity contribution in [1.82, 2.24) is 4.98 Å². The van der Waals surface area contributed by atoms with Crippen LogP contribution in [0.3, 0.4) is 0 Å². The van der Waals surface area contributed by atoms with Crippen LogP contribution in [0, 0.1) is 6.20 Å². The first-order valence-electron chi connectivity index (χ1n) is 9.97. The van der Waals surface area contributed by atoms with Crippen LogP contribution in [0.25, 0.3) is 10.9 Å². The third-order valence-corrected chi connectivity index (χ3v) is 5.42. The molecule has 1 nitrogen and oxygen atoms in total. The first kappa shape index (κ1) is 26.7. The van der Waals surface area contributed by atoms with Gasteiger partial charge in [0.05, 0.1) is 0 Å². The SMILES string of the molecule is [Cl-].[Cl-].[Zr+3].[c-]1cc2ccccc2[nH]1.c1ccc2c(c1)CCC2.c1ccc2c(c1)CCC2. The minimum absolute atomic E-state index is 0. The van der Waals surface area contributed by atoms with E-state index in [0.717, 1.165) is 5.52 Å². The zero-order valence-corrected chi connectivity index (χ0v) is 21.0. The molecule has 1 aromatic heterocycles. The van der Waals surface area contributed by atoms with Crippen molar-refractivity contribution in [2.75, 3.05) is 0 Å². The van der Waals surface area contributed by atoms with E-state index < -0.39 is 0 Å². The smallest absolute Gasteiger partial charge is 1.00 e. The molecule has 4 aromatic rings. The number of aromatic amines is 1. The van der Waals surface area contributed by atoms with Crippen LogP contribution in [0.4, 0.5) is 0 Å². The Hall–Kier alpha value is -1.34. The standard InChI is InChI=1S/2C9H10.C8H6N.2ClH.Zr/c2*1-2-5-9-7-3-6-8(9)4-1;1-2-4-8-7(3-1)5-6-9-8;;;/h2*1-2,4-5H,3,6-7H2;1-5,9H;2*1H;/q;;-1;;;+3/p-2. The van der Waals surface area contributed by atoms with Gasteiger partial charge in [0, 0.05) is 0 Å². The van der Waals surface area contributed by atoms with Gasteiger partial charge in [-0.2, -0.15) is 11.5 Å². The van der Waals surface area contributed by atoms with Gasteiger partial charge in [-0.3, -0.25) is 0 Å². The van der Waals surface area contributed by atoms with E-state index in [0.29, 0.717) is 0 Å². The first-order valence-corrected chi connectivity index (χ1v) is 9.97. The molecular formula is C26H26Cl2NZr. The number of H-pyrrole nitrogens is 1. The molecule has 0 spiro atoms. The number of aromatic nitrogens is 1. The average molecular weight is 515 g/mol. The van der Waals surface area contributed by atoms with E-state index in [1.54, 1.807) is 22.3 Å². The minimum atomic E-state index is 0. The van der Waals surface area contributed by atoms with Crippen LogP contribution in [0.5, 0.6) is 0 Å². The van der Waals surface area contributed by atoms with E-state index in [2.05, 4.69) is 65.8 Å². The summed E-state index contributed by atoms with van der Waals surface area (Å²) in [5.41, 5.74) is 7.42. The molecule has 0 atom stereocenters. The molecule has 0 saturated carbocycles. The number of rotatable bonds is 0. The Morgan fingerprint density at radius 1 is 0.567 bits per heavy atom. The molecule has 0 aliphatic heterocycles. The number of halogens is 2. The molecule has 0 bridgehead atoms. The van der Waals surface area contributed by atoms with E-state index in [1.807, 2.05) is 24.3 Å². The molecule has 4 heteroatoms. The number of para-hydroxylation sites is 1. The summed E-state index contributed by atoms with van der Waals surface area (Å²) in [4.78, 5) is 2.99. The Labute approximate surface area is 211 Å². The van der Waals surface area contributed by atoms with Gasteiger partial charge in [0.1, 0.15) is 0 Å². The van der Waals surface area contributed by atoms with Gasteiger partial charge < -0.3 is 29.8 Å². The molecule has 1 radical (unpaired) electrons. The van der Waals surface area contributed by atoms with Crippen LogP contribution in [0.15, 0.2) is 78.9 Å². The molecule has 1 N–H and O–H groups in total. The van der Waals surface area contributed by atoms with Gasteiger partial charge in [0.15, 0.2) is 0 Å². The molecule has 2 aliphatic carbocycles. The summed E-state index contributed by atoms with van der Waals surface area (Å²) in [6.07, 6.45) is 10.8. The van der Waals surface area contributed by atoms with Crippen molar-refractivity contribution < 1.29 is 51.0 Å². The fourth-order valence-electron chi connectivity index (χ4n) is 3.96. The molecule has 2 aliphatic rings. The Kier molecular flexibility index (Phi) is 12.3. The van der Waals surface area contributed by atoms with Crippen molar-refractivity contribution in [2.45, 2.75) is 38.5 Å². The average Bonchev–Trinajstić information content (AvgIpc) is 3.48. The molecule has 0 fully saturated rings. The van der Waals surface area contributed by atoms with Crippen LogP contribution in [-0.4, -0.2) is 4.98 Å². The molecular weight excluding hydrogens is 488 g/mol. The molecule has 30 heavy (non-hydrogen) atoms. The third kappa shape index (κ3) is 7.12. The zero-order valence-electron chi connectivity index (χ0n) is 17.0. The number of hydrogen-bond acceptors (Lipinski definition) is 0. The Morgan fingerprint density at radius 2 is 0.967 bits per heavy atom. The second kappa shape index (κ2) is 13.9. The Bertz CT molecular complexity index is 887. The summed E-state index contributed by atoms with van der Waals surface area (Å²) in [6.45, 7) is 0. The van der Waals surface area contributed by atoms with Crippen molar-refractivity contribution >= 4 is 10.9 Å². The van der Waals surface area contributed by atoms with Gasteiger partial charge in [0.2, 0.25) is 0 Å². The minimum Gasteiger partial charge on any atom is -1.00 e. The molecule has 0 saturated heterocycles. The van der Waals surface area contributed by atoms with Crippen molar-refractivity contribution in [2.24, 2.45) is 0 Å². The van der Waals surface area contributed by atoms with Crippen molar-refractivity contribution in [3.63, 3.8) is 0 Å². The summed E-state index contributed by atoms with van der Waals surface area (Å²) in [7, 11) is 0. The maximum absolute atomic E-state index is 2.99. The largest absolute Gasteiger partial charge is 3.00 e. The maximum Gasteiger partial charge on any atom is 3.00 e. The quantitative estimate of drug-likeness (QED) is 0.326. The van der Waals surface area contributed by atoms with E-state index >= 15 is 0 Å². The fraction of sp³-hybridized carbons (Fsp3) is 0.231. The van der Waals surface area contributed by atoms with Crippen LogP contribution in [0.1, 0.15) is 35.1 Å². The van der Waals surface area contributed by atoms with Gasteiger partial charge in [-0.25, -0.2) is 0 Å². The monoisotopic (exact) mass is 512 g/mol. The number of aryl methyl sites for hydroxylation is 4. The van der Waals surface area contributed by atoms with Crippen LogP contribution < -0.4 is 24.8 Å². The van der Waals surface area contributed by atoms with E-state index in [-0.39, 0.29) is 51.0 Å². The van der Waals surface area contributed by atoms with Gasteiger partial charge >= 0.3 is 26.2 Å². The molecule has 3 aromatic carbocycles. The van der Waals surface area contributed by atoms with Crippen LogP contribution >= 0.6 is 0 Å². The van der Waals surface area contributed by atoms with Crippen molar-refractivity contribution in [3.05, 3.63) is 107 Å². The van der Waals surface area contributed by atoms with Crippen molar-refractivity contribution in [3.8, 4) is 0 Å². The normalized spacial score (nSPS) is 12.4. The molecule has 6 rings (SSSR count). The van der Waals surface area contributed by atoms with E-state index in [1.165, 1.54) is 43.9 Å². The number of nitrogens with one attached hydrogen (secondary N) is 1.